The van der Waals surface area contributed by atoms with Crippen LogP contribution in [0.2, 0.25) is 0 Å². The van der Waals surface area contributed by atoms with Crippen LogP contribution in [-0.4, -0.2) is 23.5 Å². The monoisotopic (exact) mass is 208 g/mol. The summed E-state index contributed by atoms with van der Waals surface area (Å²) in [7, 11) is 0. The zero-order valence-electron chi connectivity index (χ0n) is 9.36. The molecule has 0 radical (unpaired) electrons. The maximum atomic E-state index is 6.00. The minimum absolute atomic E-state index is 0.292. The van der Waals surface area contributed by atoms with Gasteiger partial charge >= 0.3 is 0 Å². The first-order chi connectivity index (χ1) is 7.29. The molecule has 0 aromatic carbocycles. The minimum Gasteiger partial charge on any atom is -0.468 e. The molecule has 1 aliphatic carbocycles. The summed E-state index contributed by atoms with van der Waals surface area (Å²) in [6.45, 7) is 4.04. The molecule has 1 heterocycles. The highest BCUT2D eigenvalue weighted by molar-refractivity contribution is 5.00. The van der Waals surface area contributed by atoms with Crippen LogP contribution in [0.1, 0.15) is 31.9 Å². The molecule has 0 bridgehead atoms. The predicted octanol–water partition coefficient (Wildman–Crippen LogP) is 1.98. The van der Waals surface area contributed by atoms with Crippen molar-refractivity contribution < 1.29 is 4.42 Å². The molecule has 1 aromatic heterocycles. The summed E-state index contributed by atoms with van der Waals surface area (Å²) in [5, 5.41) is 0. The van der Waals surface area contributed by atoms with Crippen LogP contribution in [0.4, 0.5) is 0 Å². The van der Waals surface area contributed by atoms with E-state index in [2.05, 4.69) is 11.8 Å². The highest BCUT2D eigenvalue weighted by Gasteiger charge is 2.30. The highest BCUT2D eigenvalue weighted by atomic mass is 16.3. The van der Waals surface area contributed by atoms with Crippen LogP contribution < -0.4 is 5.73 Å². The fraction of sp³-hybridized carbons (Fsp3) is 0.667. The van der Waals surface area contributed by atoms with E-state index in [1.165, 1.54) is 12.8 Å². The lowest BCUT2D eigenvalue weighted by atomic mass is 10.2. The van der Waals surface area contributed by atoms with E-state index in [9.17, 15) is 0 Å². The third-order valence-corrected chi connectivity index (χ3v) is 3.00. The summed E-state index contributed by atoms with van der Waals surface area (Å²) >= 11 is 0. The van der Waals surface area contributed by atoms with Gasteiger partial charge in [-0.3, -0.25) is 4.90 Å². The Morgan fingerprint density at radius 1 is 1.60 bits per heavy atom. The number of furan rings is 1. The van der Waals surface area contributed by atoms with Crippen molar-refractivity contribution >= 4 is 0 Å². The van der Waals surface area contributed by atoms with Crippen molar-refractivity contribution in [3.05, 3.63) is 24.2 Å². The molecule has 0 spiro atoms. The molecular weight excluding hydrogens is 188 g/mol. The van der Waals surface area contributed by atoms with Gasteiger partial charge in [0.15, 0.2) is 0 Å². The summed E-state index contributed by atoms with van der Waals surface area (Å²) in [6, 6.07) is 5.01. The van der Waals surface area contributed by atoms with Crippen molar-refractivity contribution in [1.29, 1.82) is 0 Å². The summed E-state index contributed by atoms with van der Waals surface area (Å²) in [5.41, 5.74) is 6.00. The van der Waals surface area contributed by atoms with Crippen molar-refractivity contribution in [3.63, 3.8) is 0 Å². The molecule has 0 saturated heterocycles. The fourth-order valence-electron chi connectivity index (χ4n) is 1.82. The Morgan fingerprint density at radius 3 is 2.93 bits per heavy atom. The van der Waals surface area contributed by atoms with E-state index in [1.807, 2.05) is 12.1 Å². The molecule has 0 aliphatic heterocycles. The number of hydrogen-bond donors (Lipinski definition) is 1. The molecule has 3 nitrogen and oxygen atoms in total. The summed E-state index contributed by atoms with van der Waals surface area (Å²) in [5.74, 6) is 1.05. The van der Waals surface area contributed by atoms with Gasteiger partial charge in [-0.1, -0.05) is 6.92 Å². The molecule has 1 aromatic rings. The lowest BCUT2D eigenvalue weighted by Gasteiger charge is -2.23. The van der Waals surface area contributed by atoms with Crippen LogP contribution in [0.15, 0.2) is 22.8 Å². The molecule has 1 aliphatic rings. The van der Waals surface area contributed by atoms with Gasteiger partial charge in [0.05, 0.1) is 12.8 Å². The molecule has 2 N–H and O–H groups in total. The fourth-order valence-corrected chi connectivity index (χ4v) is 1.82. The Morgan fingerprint density at radius 2 is 2.40 bits per heavy atom. The van der Waals surface area contributed by atoms with E-state index < -0.39 is 0 Å². The van der Waals surface area contributed by atoms with E-state index in [1.54, 1.807) is 6.26 Å². The Balaban J connectivity index is 1.88. The average molecular weight is 208 g/mol. The smallest absolute Gasteiger partial charge is 0.117 e. The number of hydrogen-bond acceptors (Lipinski definition) is 3. The van der Waals surface area contributed by atoms with E-state index in [4.69, 9.17) is 10.2 Å². The zero-order chi connectivity index (χ0) is 10.7. The molecule has 1 fully saturated rings. The van der Waals surface area contributed by atoms with E-state index in [0.717, 1.165) is 31.3 Å². The van der Waals surface area contributed by atoms with Crippen LogP contribution in [0.3, 0.4) is 0 Å². The highest BCUT2D eigenvalue weighted by Crippen LogP contribution is 2.28. The van der Waals surface area contributed by atoms with Gasteiger partial charge in [0.25, 0.3) is 0 Å². The summed E-state index contributed by atoms with van der Waals surface area (Å²) in [6.07, 6.45) is 5.41. The Hall–Kier alpha value is -0.800. The van der Waals surface area contributed by atoms with Crippen LogP contribution in [0.25, 0.3) is 0 Å². The molecule has 3 heteroatoms. The first kappa shape index (κ1) is 10.7. The number of nitrogens with zero attached hydrogens (tertiary/aromatic N) is 1. The van der Waals surface area contributed by atoms with Crippen molar-refractivity contribution in [2.45, 2.75) is 44.8 Å². The number of nitrogens with two attached hydrogens (primary N) is 1. The first-order valence-electron chi connectivity index (χ1n) is 5.81. The van der Waals surface area contributed by atoms with Gasteiger partial charge in [-0.15, -0.1) is 0 Å². The largest absolute Gasteiger partial charge is 0.468 e. The second-order valence-corrected chi connectivity index (χ2v) is 4.41. The van der Waals surface area contributed by atoms with E-state index in [-0.39, 0.29) is 0 Å². The van der Waals surface area contributed by atoms with Crippen molar-refractivity contribution in [3.8, 4) is 0 Å². The van der Waals surface area contributed by atoms with Gasteiger partial charge in [-0.25, -0.2) is 0 Å². The zero-order valence-corrected chi connectivity index (χ0v) is 9.36. The molecule has 84 valence electrons. The molecule has 1 unspecified atom stereocenters. The van der Waals surface area contributed by atoms with Gasteiger partial charge in [0.2, 0.25) is 0 Å². The SMILES string of the molecule is CCC(N)CN(Cc1ccco1)C1CC1. The van der Waals surface area contributed by atoms with Gasteiger partial charge in [0, 0.05) is 18.6 Å². The van der Waals surface area contributed by atoms with Crippen LogP contribution >= 0.6 is 0 Å². The third kappa shape index (κ3) is 3.08. The molecule has 1 atom stereocenters. The predicted molar refractivity (Wildman–Crippen MR) is 60.4 cm³/mol. The maximum Gasteiger partial charge on any atom is 0.117 e. The van der Waals surface area contributed by atoms with Crippen molar-refractivity contribution in [2.24, 2.45) is 5.73 Å². The van der Waals surface area contributed by atoms with E-state index >= 15 is 0 Å². The van der Waals surface area contributed by atoms with E-state index in [0.29, 0.717) is 6.04 Å². The Kier molecular flexibility index (Phi) is 3.44. The second-order valence-electron chi connectivity index (χ2n) is 4.41. The van der Waals surface area contributed by atoms with Gasteiger partial charge < -0.3 is 10.2 Å². The van der Waals surface area contributed by atoms with Gasteiger partial charge in [-0.05, 0) is 31.4 Å². The second kappa shape index (κ2) is 4.81. The maximum absolute atomic E-state index is 6.00. The molecular formula is C12H20N2O. The molecule has 15 heavy (non-hydrogen) atoms. The van der Waals surface area contributed by atoms with Crippen LogP contribution in [0.5, 0.6) is 0 Å². The average Bonchev–Trinajstić information content (AvgIpc) is 2.97. The van der Waals surface area contributed by atoms with Gasteiger partial charge in [0.1, 0.15) is 5.76 Å². The molecule has 1 saturated carbocycles. The lowest BCUT2D eigenvalue weighted by Crippen LogP contribution is -2.38. The molecule has 0 amide bonds. The standard InChI is InChI=1S/C12H20N2O/c1-2-10(13)8-14(11-5-6-11)9-12-4-3-7-15-12/h3-4,7,10-11H,2,5-6,8-9,13H2,1H3. The number of rotatable bonds is 6. The molecule has 2 rings (SSSR count). The van der Waals surface area contributed by atoms with Crippen molar-refractivity contribution in [1.82, 2.24) is 4.90 Å². The summed E-state index contributed by atoms with van der Waals surface area (Å²) in [4.78, 5) is 2.45. The first-order valence-corrected chi connectivity index (χ1v) is 5.81. The topological polar surface area (TPSA) is 42.4 Å². The Bertz CT molecular complexity index is 280. The summed E-state index contributed by atoms with van der Waals surface area (Å²) < 4.78 is 5.37. The van der Waals surface area contributed by atoms with Crippen LogP contribution in [0, 0.1) is 0 Å². The normalized spacial score (nSPS) is 18.3. The van der Waals surface area contributed by atoms with Crippen molar-refractivity contribution in [2.75, 3.05) is 6.54 Å². The van der Waals surface area contributed by atoms with Crippen LogP contribution in [-0.2, 0) is 6.54 Å². The third-order valence-electron chi connectivity index (χ3n) is 3.00. The quantitative estimate of drug-likeness (QED) is 0.777. The Labute approximate surface area is 91.2 Å². The minimum atomic E-state index is 0.292. The van der Waals surface area contributed by atoms with Gasteiger partial charge in [-0.2, -0.15) is 0 Å². The lowest BCUT2D eigenvalue weighted by molar-refractivity contribution is 0.218.